The van der Waals surface area contributed by atoms with E-state index in [1.807, 2.05) is 23.9 Å². The molecule has 0 atom stereocenters. The van der Waals surface area contributed by atoms with Gasteiger partial charge in [0.1, 0.15) is 0 Å². The van der Waals surface area contributed by atoms with E-state index < -0.39 is 0 Å². The zero-order valence-electron chi connectivity index (χ0n) is 10.4. The molecule has 0 unspecified atom stereocenters. The Balaban J connectivity index is 3.24. The van der Waals surface area contributed by atoms with Crippen molar-refractivity contribution in [2.24, 2.45) is 0 Å². The average molecular weight is 256 g/mol. The van der Waals surface area contributed by atoms with E-state index in [-0.39, 0.29) is 11.8 Å². The van der Waals surface area contributed by atoms with Gasteiger partial charge in [0, 0.05) is 13.8 Å². The van der Waals surface area contributed by atoms with Gasteiger partial charge >= 0.3 is 0 Å². The van der Waals surface area contributed by atoms with E-state index in [9.17, 15) is 9.59 Å². The second kappa shape index (κ2) is 11.3. The Morgan fingerprint density at radius 3 is 1.71 bits per heavy atom. The summed E-state index contributed by atoms with van der Waals surface area (Å²) in [5, 5.41) is 5.19. The van der Waals surface area contributed by atoms with Crippen LogP contribution >= 0.6 is 11.8 Å². The molecule has 0 aromatic rings. The highest BCUT2D eigenvalue weighted by Gasteiger charge is 1.87. The van der Waals surface area contributed by atoms with Gasteiger partial charge in [-0.2, -0.15) is 11.8 Å². The molecule has 5 heteroatoms. The molecule has 0 fully saturated rings. The van der Waals surface area contributed by atoms with Crippen LogP contribution in [0.15, 0.2) is 24.6 Å². The lowest BCUT2D eigenvalue weighted by Crippen LogP contribution is -2.11. The van der Waals surface area contributed by atoms with E-state index in [1.54, 1.807) is 12.4 Å². The Hall–Kier alpha value is -1.23. The minimum absolute atomic E-state index is 0.0444. The highest BCUT2D eigenvalue weighted by molar-refractivity contribution is 7.99. The first-order chi connectivity index (χ1) is 8.13. The number of thioether (sulfide) groups is 1. The highest BCUT2D eigenvalue weighted by Crippen LogP contribution is 2.05. The predicted octanol–water partition coefficient (Wildman–Crippen LogP) is 1.80. The lowest BCUT2D eigenvalue weighted by molar-refractivity contribution is -0.118. The number of allylic oxidation sites excluding steroid dienone is 2. The lowest BCUT2D eigenvalue weighted by Gasteiger charge is -1.96. The molecule has 0 aliphatic rings. The molecule has 0 rings (SSSR count). The van der Waals surface area contributed by atoms with Gasteiger partial charge in [0.25, 0.3) is 0 Å². The fourth-order valence-corrected chi connectivity index (χ4v) is 1.73. The smallest absolute Gasteiger partial charge is 0.220 e. The molecular formula is C12H20N2O2S. The molecule has 0 aliphatic heterocycles. The Kier molecular flexibility index (Phi) is 10.4. The standard InChI is InChI=1S/C12H20N2O2S/c1-11(15)13-7-3-5-9-17-10-6-4-8-14-12(2)16/h3-4,7-8H,5-6,9-10H2,1-2H3,(H,13,15)(H,14,16). The third kappa shape index (κ3) is 14.8. The van der Waals surface area contributed by atoms with Gasteiger partial charge in [0.15, 0.2) is 0 Å². The molecule has 0 aromatic carbocycles. The molecule has 0 spiro atoms. The molecule has 0 saturated carbocycles. The van der Waals surface area contributed by atoms with E-state index in [0.717, 1.165) is 24.3 Å². The van der Waals surface area contributed by atoms with Crippen LogP contribution in [-0.4, -0.2) is 23.3 Å². The summed E-state index contributed by atoms with van der Waals surface area (Å²) in [4.78, 5) is 21.0. The van der Waals surface area contributed by atoms with E-state index in [1.165, 1.54) is 13.8 Å². The van der Waals surface area contributed by atoms with E-state index >= 15 is 0 Å². The number of nitrogens with one attached hydrogen (secondary N) is 2. The molecule has 2 N–H and O–H groups in total. The quantitative estimate of drug-likeness (QED) is 0.651. The number of carbonyl (C=O) groups is 2. The summed E-state index contributed by atoms with van der Waals surface area (Å²) in [5.41, 5.74) is 0. The molecule has 17 heavy (non-hydrogen) atoms. The van der Waals surface area contributed by atoms with Crippen LogP contribution in [0, 0.1) is 0 Å². The maximum Gasteiger partial charge on any atom is 0.220 e. The molecule has 2 amide bonds. The zero-order chi connectivity index (χ0) is 12.9. The van der Waals surface area contributed by atoms with Gasteiger partial charge in [0.05, 0.1) is 0 Å². The maximum atomic E-state index is 10.5. The summed E-state index contributed by atoms with van der Waals surface area (Å²) in [6.45, 7) is 2.97. The summed E-state index contributed by atoms with van der Waals surface area (Å²) in [5.74, 6) is 1.97. The monoisotopic (exact) mass is 256 g/mol. The zero-order valence-corrected chi connectivity index (χ0v) is 11.2. The van der Waals surface area contributed by atoms with Crippen molar-refractivity contribution in [3.05, 3.63) is 24.6 Å². The Morgan fingerprint density at radius 1 is 0.941 bits per heavy atom. The number of carbonyl (C=O) groups excluding carboxylic acids is 2. The third-order valence-corrected chi connectivity index (χ3v) is 2.72. The minimum Gasteiger partial charge on any atom is -0.333 e. The van der Waals surface area contributed by atoms with Crippen molar-refractivity contribution in [2.75, 3.05) is 11.5 Å². The van der Waals surface area contributed by atoms with Gasteiger partial charge in [-0.1, -0.05) is 12.2 Å². The molecule has 0 saturated heterocycles. The summed E-state index contributed by atoms with van der Waals surface area (Å²) < 4.78 is 0. The van der Waals surface area contributed by atoms with Crippen molar-refractivity contribution in [1.29, 1.82) is 0 Å². The third-order valence-electron chi connectivity index (χ3n) is 1.67. The van der Waals surface area contributed by atoms with Crippen LogP contribution in [0.4, 0.5) is 0 Å². The van der Waals surface area contributed by atoms with Gasteiger partial charge in [-0.15, -0.1) is 0 Å². The summed E-state index contributed by atoms with van der Waals surface area (Å²) in [7, 11) is 0. The topological polar surface area (TPSA) is 58.2 Å². The minimum atomic E-state index is -0.0444. The SMILES string of the molecule is CC(=O)NC=CCCSCCC=CNC(C)=O. The van der Waals surface area contributed by atoms with Crippen molar-refractivity contribution in [1.82, 2.24) is 10.6 Å². The molecular weight excluding hydrogens is 236 g/mol. The van der Waals surface area contributed by atoms with Gasteiger partial charge < -0.3 is 10.6 Å². The maximum absolute atomic E-state index is 10.5. The van der Waals surface area contributed by atoms with Crippen molar-refractivity contribution >= 4 is 23.6 Å². The number of hydrogen-bond donors (Lipinski definition) is 2. The molecule has 0 radical (unpaired) electrons. The molecule has 96 valence electrons. The lowest BCUT2D eigenvalue weighted by atomic mass is 10.4. The van der Waals surface area contributed by atoms with Crippen molar-refractivity contribution in [3.63, 3.8) is 0 Å². The Morgan fingerprint density at radius 2 is 1.35 bits per heavy atom. The summed E-state index contributed by atoms with van der Waals surface area (Å²) in [6.07, 6.45) is 9.14. The number of rotatable bonds is 8. The van der Waals surface area contributed by atoms with Crippen LogP contribution in [0.1, 0.15) is 26.7 Å². The van der Waals surface area contributed by atoms with Crippen LogP contribution < -0.4 is 10.6 Å². The molecule has 0 aromatic heterocycles. The summed E-state index contributed by atoms with van der Waals surface area (Å²) >= 11 is 1.84. The Bertz CT molecular complexity index is 260. The van der Waals surface area contributed by atoms with Crippen LogP contribution in [0.2, 0.25) is 0 Å². The second-order valence-corrected chi connectivity index (χ2v) is 4.62. The fraction of sp³-hybridized carbons (Fsp3) is 0.500. The van der Waals surface area contributed by atoms with Crippen molar-refractivity contribution in [3.8, 4) is 0 Å². The van der Waals surface area contributed by atoms with Crippen LogP contribution in [0.3, 0.4) is 0 Å². The molecule has 0 heterocycles. The van der Waals surface area contributed by atoms with Gasteiger partial charge in [-0.3, -0.25) is 9.59 Å². The number of amides is 2. The first-order valence-corrected chi connectivity index (χ1v) is 6.70. The largest absolute Gasteiger partial charge is 0.333 e. The molecule has 0 aliphatic carbocycles. The van der Waals surface area contributed by atoms with Gasteiger partial charge in [0.2, 0.25) is 11.8 Å². The fourth-order valence-electron chi connectivity index (χ4n) is 0.924. The van der Waals surface area contributed by atoms with Crippen LogP contribution in [-0.2, 0) is 9.59 Å². The predicted molar refractivity (Wildman–Crippen MR) is 72.5 cm³/mol. The first-order valence-electron chi connectivity index (χ1n) is 5.55. The summed E-state index contributed by atoms with van der Waals surface area (Å²) in [6, 6.07) is 0. The molecule has 4 nitrogen and oxygen atoms in total. The van der Waals surface area contributed by atoms with E-state index in [4.69, 9.17) is 0 Å². The Labute approximate surface area is 107 Å². The average Bonchev–Trinajstić information content (AvgIpc) is 2.25. The van der Waals surface area contributed by atoms with Crippen LogP contribution in [0.5, 0.6) is 0 Å². The van der Waals surface area contributed by atoms with Crippen LogP contribution in [0.25, 0.3) is 0 Å². The highest BCUT2D eigenvalue weighted by atomic mass is 32.2. The van der Waals surface area contributed by atoms with E-state index in [0.29, 0.717) is 0 Å². The van der Waals surface area contributed by atoms with E-state index in [2.05, 4.69) is 10.6 Å². The normalized spacial score (nSPS) is 10.9. The van der Waals surface area contributed by atoms with Gasteiger partial charge in [-0.05, 0) is 36.7 Å². The second-order valence-electron chi connectivity index (χ2n) is 3.40. The number of hydrogen-bond acceptors (Lipinski definition) is 3. The van der Waals surface area contributed by atoms with Gasteiger partial charge in [-0.25, -0.2) is 0 Å². The van der Waals surface area contributed by atoms with Crippen molar-refractivity contribution < 1.29 is 9.59 Å². The van der Waals surface area contributed by atoms with Crippen molar-refractivity contribution in [2.45, 2.75) is 26.7 Å². The first kappa shape index (κ1) is 15.8. The molecule has 0 bridgehead atoms.